The van der Waals surface area contributed by atoms with Crippen molar-refractivity contribution in [3.05, 3.63) is 199 Å². The number of nitrogens with zero attached hydrogens (tertiary/aromatic N) is 1. The summed E-state index contributed by atoms with van der Waals surface area (Å²) < 4.78 is 0. The molecule has 0 fully saturated rings. The molecule has 9 aromatic carbocycles. The largest absolute Gasteiger partial charge is 0.310 e. The molecule has 1 heteroatoms. The van der Waals surface area contributed by atoms with Gasteiger partial charge in [0.2, 0.25) is 0 Å². The van der Waals surface area contributed by atoms with Gasteiger partial charge in [-0.1, -0.05) is 153 Å². The first-order chi connectivity index (χ1) is 25.5. The topological polar surface area (TPSA) is 3.24 Å². The monoisotopic (exact) mass is 663 g/mol. The summed E-state index contributed by atoms with van der Waals surface area (Å²) in [5, 5.41) is 7.52. The van der Waals surface area contributed by atoms with Crippen LogP contribution in [0.1, 0.15) is 25.0 Å². The first kappa shape index (κ1) is 30.4. The maximum absolute atomic E-state index is 2.49. The molecule has 0 atom stereocenters. The zero-order valence-electron chi connectivity index (χ0n) is 29.3. The number of anilines is 3. The summed E-state index contributed by atoms with van der Waals surface area (Å²) in [6.45, 7) is 4.76. The molecule has 246 valence electrons. The van der Waals surface area contributed by atoms with Crippen molar-refractivity contribution < 1.29 is 0 Å². The summed E-state index contributed by atoms with van der Waals surface area (Å²) in [5.74, 6) is 0. The molecule has 10 rings (SSSR count). The van der Waals surface area contributed by atoms with E-state index in [9.17, 15) is 0 Å². The van der Waals surface area contributed by atoms with E-state index >= 15 is 0 Å². The molecule has 0 radical (unpaired) electrons. The lowest BCUT2D eigenvalue weighted by molar-refractivity contribution is 0.661. The fraction of sp³-hybridized carbons (Fsp3) is 0.0588. The SMILES string of the molecule is CC1(C)c2cc(N(c3cccc(-c4ccccc4)c3)c3ccc4ccccc4c3-c3ccc4ccccc4c3)ccc2-c2cc3ccccc3cc21. The fourth-order valence-electron chi connectivity index (χ4n) is 8.53. The Balaban J connectivity index is 1.24. The lowest BCUT2D eigenvalue weighted by atomic mass is 9.81. The highest BCUT2D eigenvalue weighted by molar-refractivity contribution is 6.07. The molecule has 0 aromatic heterocycles. The molecule has 0 aliphatic heterocycles. The molecule has 0 heterocycles. The van der Waals surface area contributed by atoms with Crippen LogP contribution < -0.4 is 4.90 Å². The van der Waals surface area contributed by atoms with E-state index in [2.05, 4.69) is 207 Å². The Kier molecular flexibility index (Phi) is 6.91. The van der Waals surface area contributed by atoms with Gasteiger partial charge in [0.15, 0.2) is 0 Å². The average Bonchev–Trinajstić information content (AvgIpc) is 3.41. The van der Waals surface area contributed by atoms with Gasteiger partial charge in [-0.3, -0.25) is 0 Å². The molecular weight excluding hydrogens is 627 g/mol. The van der Waals surface area contributed by atoms with E-state index in [0.29, 0.717) is 0 Å². The number of benzene rings is 9. The van der Waals surface area contributed by atoms with Crippen molar-refractivity contribution in [1.29, 1.82) is 0 Å². The van der Waals surface area contributed by atoms with Crippen LogP contribution in [0.15, 0.2) is 188 Å². The van der Waals surface area contributed by atoms with Crippen molar-refractivity contribution in [2.75, 3.05) is 4.90 Å². The smallest absolute Gasteiger partial charge is 0.0546 e. The van der Waals surface area contributed by atoms with E-state index < -0.39 is 0 Å². The van der Waals surface area contributed by atoms with Crippen molar-refractivity contribution in [3.8, 4) is 33.4 Å². The zero-order chi connectivity index (χ0) is 34.8. The second-order valence-corrected chi connectivity index (χ2v) is 14.6. The highest BCUT2D eigenvalue weighted by Crippen LogP contribution is 2.53. The third kappa shape index (κ3) is 4.85. The van der Waals surface area contributed by atoms with Crippen LogP contribution in [0.3, 0.4) is 0 Å². The number of fused-ring (bicyclic) bond motifs is 6. The Bertz CT molecular complexity index is 2830. The van der Waals surface area contributed by atoms with Crippen LogP contribution in [-0.2, 0) is 5.41 Å². The molecule has 0 unspecified atom stereocenters. The van der Waals surface area contributed by atoms with Crippen molar-refractivity contribution in [1.82, 2.24) is 0 Å². The first-order valence-electron chi connectivity index (χ1n) is 18.2. The summed E-state index contributed by atoms with van der Waals surface area (Å²) >= 11 is 0. The third-order valence-electron chi connectivity index (χ3n) is 11.2. The van der Waals surface area contributed by atoms with Crippen LogP contribution in [0.25, 0.3) is 65.7 Å². The van der Waals surface area contributed by atoms with E-state index in [4.69, 9.17) is 0 Å². The molecule has 0 amide bonds. The molecule has 52 heavy (non-hydrogen) atoms. The summed E-state index contributed by atoms with van der Waals surface area (Å²) in [6, 6.07) is 69.3. The molecule has 0 N–H and O–H groups in total. The molecule has 9 aromatic rings. The number of hydrogen-bond acceptors (Lipinski definition) is 1. The Morgan fingerprint density at radius 1 is 0.365 bits per heavy atom. The summed E-state index contributed by atoms with van der Waals surface area (Å²) in [6.07, 6.45) is 0. The zero-order valence-corrected chi connectivity index (χ0v) is 29.3. The van der Waals surface area contributed by atoms with E-state index in [-0.39, 0.29) is 5.41 Å². The van der Waals surface area contributed by atoms with Crippen LogP contribution in [0.2, 0.25) is 0 Å². The lowest BCUT2D eigenvalue weighted by Gasteiger charge is -2.31. The molecule has 1 aliphatic carbocycles. The van der Waals surface area contributed by atoms with Crippen LogP contribution >= 0.6 is 0 Å². The molecule has 0 saturated heterocycles. The van der Waals surface area contributed by atoms with Crippen LogP contribution in [-0.4, -0.2) is 0 Å². The predicted octanol–water partition coefficient (Wildman–Crippen LogP) is 14.3. The highest BCUT2D eigenvalue weighted by atomic mass is 15.1. The summed E-state index contributed by atoms with van der Waals surface area (Å²) in [7, 11) is 0. The normalized spacial score (nSPS) is 13.0. The van der Waals surface area contributed by atoms with Crippen molar-refractivity contribution in [3.63, 3.8) is 0 Å². The van der Waals surface area contributed by atoms with Crippen molar-refractivity contribution in [2.45, 2.75) is 19.3 Å². The van der Waals surface area contributed by atoms with E-state index in [1.807, 2.05) is 0 Å². The fourth-order valence-corrected chi connectivity index (χ4v) is 8.53. The second kappa shape index (κ2) is 11.8. The third-order valence-corrected chi connectivity index (χ3v) is 11.2. The van der Waals surface area contributed by atoms with Gasteiger partial charge in [0.05, 0.1) is 5.69 Å². The molecule has 1 aliphatic rings. The van der Waals surface area contributed by atoms with Gasteiger partial charge in [0.25, 0.3) is 0 Å². The van der Waals surface area contributed by atoms with Gasteiger partial charge < -0.3 is 4.90 Å². The van der Waals surface area contributed by atoms with E-state index in [0.717, 1.165) is 17.1 Å². The van der Waals surface area contributed by atoms with Gasteiger partial charge in [-0.15, -0.1) is 0 Å². The van der Waals surface area contributed by atoms with Crippen molar-refractivity contribution in [2.24, 2.45) is 0 Å². The standard InChI is InChI=1S/C51H37N/c1-51(2)47-32-40-19-9-8-18-39(40)31-46(47)45-27-26-43(33-48(45)51)52(42-21-12-20-38(30-42)34-13-4-3-5-14-34)49-28-25-36-16-10-11-22-44(36)50(49)41-24-23-35-15-6-7-17-37(35)29-41/h3-33H,1-2H3. The second-order valence-electron chi connectivity index (χ2n) is 14.6. The summed E-state index contributed by atoms with van der Waals surface area (Å²) in [5.41, 5.74) is 13.5. The Morgan fingerprint density at radius 3 is 1.79 bits per heavy atom. The number of hydrogen-bond donors (Lipinski definition) is 0. The predicted molar refractivity (Wildman–Crippen MR) is 222 cm³/mol. The maximum atomic E-state index is 2.49. The number of rotatable bonds is 5. The molecular formula is C51H37N. The van der Waals surface area contributed by atoms with Crippen molar-refractivity contribution >= 4 is 49.4 Å². The van der Waals surface area contributed by atoms with Crippen LogP contribution in [0.5, 0.6) is 0 Å². The quantitative estimate of drug-likeness (QED) is 0.177. The minimum absolute atomic E-state index is 0.160. The van der Waals surface area contributed by atoms with E-state index in [1.165, 1.54) is 76.8 Å². The van der Waals surface area contributed by atoms with Gasteiger partial charge in [-0.05, 0) is 120 Å². The van der Waals surface area contributed by atoms with Gasteiger partial charge in [0, 0.05) is 22.4 Å². The molecule has 0 bridgehead atoms. The molecule has 0 spiro atoms. The molecule has 0 saturated carbocycles. The average molecular weight is 664 g/mol. The minimum atomic E-state index is -0.160. The Labute approximate surface area is 305 Å². The first-order valence-corrected chi connectivity index (χ1v) is 18.2. The van der Waals surface area contributed by atoms with Gasteiger partial charge in [-0.25, -0.2) is 0 Å². The van der Waals surface area contributed by atoms with E-state index in [1.54, 1.807) is 0 Å². The Hall–Kier alpha value is -6.44. The molecule has 1 nitrogen and oxygen atoms in total. The minimum Gasteiger partial charge on any atom is -0.310 e. The Morgan fingerprint density at radius 2 is 0.981 bits per heavy atom. The maximum Gasteiger partial charge on any atom is 0.0546 e. The summed E-state index contributed by atoms with van der Waals surface area (Å²) in [4.78, 5) is 2.49. The van der Waals surface area contributed by atoms with Crippen LogP contribution in [0, 0.1) is 0 Å². The van der Waals surface area contributed by atoms with Crippen LogP contribution in [0.4, 0.5) is 17.1 Å². The van der Waals surface area contributed by atoms with Gasteiger partial charge in [0.1, 0.15) is 0 Å². The van der Waals surface area contributed by atoms with Gasteiger partial charge >= 0.3 is 0 Å². The highest BCUT2D eigenvalue weighted by Gasteiger charge is 2.36. The van der Waals surface area contributed by atoms with Gasteiger partial charge in [-0.2, -0.15) is 0 Å². The lowest BCUT2D eigenvalue weighted by Crippen LogP contribution is -2.17.